The molecule has 2 N–H and O–H groups in total. The Bertz CT molecular complexity index is 2100. The summed E-state index contributed by atoms with van der Waals surface area (Å²) in [6, 6.07) is 18.9. The topological polar surface area (TPSA) is 56.8 Å². The molecule has 4 nitrogen and oxygen atoms in total. The zero-order chi connectivity index (χ0) is 24.9. The molecule has 36 heavy (non-hydrogen) atoms. The molecule has 4 heteroatoms. The van der Waals surface area contributed by atoms with Crippen molar-refractivity contribution in [2.45, 2.75) is 34.1 Å². The first kappa shape index (κ1) is 21.3. The van der Waals surface area contributed by atoms with Crippen molar-refractivity contribution in [3.05, 3.63) is 77.3 Å². The molecule has 4 aromatic carbocycles. The van der Waals surface area contributed by atoms with Crippen LogP contribution in [0.15, 0.2) is 69.6 Å². The summed E-state index contributed by atoms with van der Waals surface area (Å²) in [4.78, 5) is 0. The van der Waals surface area contributed by atoms with Crippen molar-refractivity contribution in [2.75, 3.05) is 0 Å². The first-order chi connectivity index (χ1) is 17.2. The Labute approximate surface area is 208 Å². The predicted molar refractivity (Wildman–Crippen MR) is 148 cm³/mol. The summed E-state index contributed by atoms with van der Waals surface area (Å²) in [7, 11) is 2.12. The fraction of sp³-hybridized carbons (Fsp3) is 0.219. The lowest BCUT2D eigenvalue weighted by Crippen LogP contribution is -2.44. The van der Waals surface area contributed by atoms with Crippen LogP contribution in [0.5, 0.6) is 0 Å². The van der Waals surface area contributed by atoms with E-state index in [4.69, 9.17) is 14.2 Å². The average molecular weight is 474 g/mol. The lowest BCUT2D eigenvalue weighted by atomic mass is 9.83. The highest BCUT2D eigenvalue weighted by molar-refractivity contribution is 6.27. The van der Waals surface area contributed by atoms with Gasteiger partial charge in [0.05, 0.1) is 17.0 Å². The van der Waals surface area contributed by atoms with Gasteiger partial charge in [-0.3, -0.25) is 5.41 Å². The van der Waals surface area contributed by atoms with Crippen LogP contribution in [0.2, 0.25) is 0 Å². The summed E-state index contributed by atoms with van der Waals surface area (Å²) >= 11 is 0. The van der Waals surface area contributed by atoms with E-state index in [2.05, 4.69) is 81.9 Å². The van der Waals surface area contributed by atoms with Crippen LogP contribution in [0.3, 0.4) is 0 Å². The summed E-state index contributed by atoms with van der Waals surface area (Å²) in [6.45, 7) is 9.09. The van der Waals surface area contributed by atoms with E-state index in [0.717, 1.165) is 50.3 Å². The molecule has 0 radical (unpaired) electrons. The normalized spacial score (nSPS) is 12.8. The van der Waals surface area contributed by atoms with Gasteiger partial charge in [-0.05, 0) is 53.3 Å². The van der Waals surface area contributed by atoms with Gasteiger partial charge in [0.15, 0.2) is 5.36 Å². The second-order valence-electron chi connectivity index (χ2n) is 11.4. The first-order valence-corrected chi connectivity index (χ1v) is 12.5. The number of hydrogen-bond acceptors (Lipinski definition) is 2. The van der Waals surface area contributed by atoms with E-state index in [-0.39, 0.29) is 5.41 Å². The minimum Gasteiger partial charge on any atom is -0.456 e. The number of rotatable bonds is 1. The Kier molecular flexibility index (Phi) is 4.14. The summed E-state index contributed by atoms with van der Waals surface area (Å²) in [5, 5.41) is 14.7. The molecular formula is C32H29N2O2+. The van der Waals surface area contributed by atoms with Crippen molar-refractivity contribution >= 4 is 65.6 Å². The zero-order valence-corrected chi connectivity index (χ0v) is 21.3. The maximum atomic E-state index is 6.94. The monoisotopic (exact) mass is 473 g/mol. The molecule has 7 rings (SSSR count). The molecule has 0 aliphatic carbocycles. The summed E-state index contributed by atoms with van der Waals surface area (Å²) in [6.07, 6.45) is 3.05. The minimum absolute atomic E-state index is 0.105. The van der Waals surface area contributed by atoms with Crippen molar-refractivity contribution in [1.82, 2.24) is 4.57 Å². The molecule has 7 aromatic rings. The van der Waals surface area contributed by atoms with Crippen molar-refractivity contribution < 1.29 is 14.2 Å². The number of aromatic nitrogens is 1. The fourth-order valence-corrected chi connectivity index (χ4v) is 6.01. The van der Waals surface area contributed by atoms with Gasteiger partial charge < -0.3 is 13.4 Å². The fourth-order valence-electron chi connectivity index (χ4n) is 6.01. The van der Waals surface area contributed by atoms with E-state index in [0.29, 0.717) is 5.36 Å². The van der Waals surface area contributed by atoms with Crippen LogP contribution < -0.4 is 10.8 Å². The van der Waals surface area contributed by atoms with Gasteiger partial charge in [-0.1, -0.05) is 45.0 Å². The summed E-state index contributed by atoms with van der Waals surface area (Å²) in [5.41, 5.74) is 7.31. The van der Waals surface area contributed by atoms with E-state index in [1.807, 2.05) is 18.2 Å². The Morgan fingerprint density at radius 3 is 2.31 bits per heavy atom. The van der Waals surface area contributed by atoms with Crippen molar-refractivity contribution in [3.63, 3.8) is 0 Å². The van der Waals surface area contributed by atoms with Crippen molar-refractivity contribution in [1.29, 1.82) is 0 Å². The van der Waals surface area contributed by atoms with Crippen molar-refractivity contribution in [3.8, 4) is 0 Å². The predicted octanol–water partition coefficient (Wildman–Crippen LogP) is 6.69. The molecule has 178 valence electrons. The largest absolute Gasteiger partial charge is 0.456 e. The molecule has 0 aliphatic heterocycles. The van der Waals surface area contributed by atoms with Crippen LogP contribution in [-0.4, -0.2) is 4.57 Å². The van der Waals surface area contributed by atoms with Crippen LogP contribution in [-0.2, 0) is 13.5 Å². The molecule has 0 saturated heterocycles. The lowest BCUT2D eigenvalue weighted by Gasteiger charge is -2.23. The number of nitrogens with zero attached hydrogens (tertiary/aromatic N) is 1. The third-order valence-electron chi connectivity index (χ3n) is 7.53. The Hall–Kier alpha value is -4.05. The number of aryl methyl sites for hydroxylation is 2. The van der Waals surface area contributed by atoms with Gasteiger partial charge in [-0.25, -0.2) is 0 Å². The number of nitrogens with two attached hydrogens (primary N) is 1. The Morgan fingerprint density at radius 1 is 0.778 bits per heavy atom. The van der Waals surface area contributed by atoms with E-state index in [9.17, 15) is 0 Å². The molecule has 0 amide bonds. The van der Waals surface area contributed by atoms with Gasteiger partial charge in [-0.2, -0.15) is 0 Å². The van der Waals surface area contributed by atoms with Gasteiger partial charge in [0.1, 0.15) is 22.3 Å². The third kappa shape index (κ3) is 2.84. The Morgan fingerprint density at radius 2 is 1.53 bits per heavy atom. The second kappa shape index (κ2) is 7.01. The molecule has 3 aromatic heterocycles. The SMILES string of the molecule is Cc1c2ccccc2c(CC(C)(C)C)c2oc3cc4c5ccc(=[NH2+])cc5oc4c4ccn(C)c(c12)c34. The standard InChI is InChI=1S/C32H28N2O2/c1-17-19-8-6-7-9-20(19)24(16-32(2,3)4)31-27(17)29-28-22(12-13-34(29)5)30-23(15-26(28)36-31)21-11-10-18(33)14-25(21)35-30/h6-15,33H,16H2,1-5H3/p+1. The zero-order valence-electron chi connectivity index (χ0n) is 21.3. The maximum absolute atomic E-state index is 6.94. The number of pyridine rings is 1. The van der Waals surface area contributed by atoms with Crippen LogP contribution in [0.25, 0.3) is 65.6 Å². The molecule has 0 unspecified atom stereocenters. The molecule has 0 aliphatic rings. The molecule has 0 saturated carbocycles. The van der Waals surface area contributed by atoms with E-state index >= 15 is 0 Å². The smallest absolute Gasteiger partial charge is 0.200 e. The lowest BCUT2D eigenvalue weighted by molar-refractivity contribution is -0.172. The molecule has 0 atom stereocenters. The highest BCUT2D eigenvalue weighted by atomic mass is 16.3. The quantitative estimate of drug-likeness (QED) is 0.213. The van der Waals surface area contributed by atoms with Gasteiger partial charge in [0, 0.05) is 46.4 Å². The number of fused-ring (bicyclic) bond motifs is 7. The van der Waals surface area contributed by atoms with E-state index in [1.54, 1.807) is 0 Å². The minimum atomic E-state index is 0.105. The number of hydrogen-bond donors (Lipinski definition) is 1. The molecular weight excluding hydrogens is 444 g/mol. The summed E-state index contributed by atoms with van der Waals surface area (Å²) in [5.74, 6) is 0. The van der Waals surface area contributed by atoms with Gasteiger partial charge in [0.25, 0.3) is 0 Å². The van der Waals surface area contributed by atoms with Crippen LogP contribution in [0, 0.1) is 12.3 Å². The van der Waals surface area contributed by atoms with Crippen molar-refractivity contribution in [2.24, 2.45) is 12.5 Å². The highest BCUT2D eigenvalue weighted by Gasteiger charge is 2.24. The van der Waals surface area contributed by atoms with Crippen LogP contribution in [0.4, 0.5) is 0 Å². The third-order valence-corrected chi connectivity index (χ3v) is 7.53. The van der Waals surface area contributed by atoms with Crippen LogP contribution >= 0.6 is 0 Å². The number of benzene rings is 4. The molecule has 0 fully saturated rings. The highest BCUT2D eigenvalue weighted by Crippen LogP contribution is 2.44. The van der Waals surface area contributed by atoms with E-state index in [1.165, 1.54) is 32.8 Å². The first-order valence-electron chi connectivity index (χ1n) is 12.5. The number of furan rings is 1. The molecule has 0 spiro atoms. The molecule has 0 bridgehead atoms. The summed E-state index contributed by atoms with van der Waals surface area (Å²) < 4.78 is 15.6. The second-order valence-corrected chi connectivity index (χ2v) is 11.4. The van der Waals surface area contributed by atoms with Gasteiger partial charge >= 0.3 is 0 Å². The molecule has 3 heterocycles. The van der Waals surface area contributed by atoms with Gasteiger partial charge in [0.2, 0.25) is 0 Å². The average Bonchev–Trinajstić information content (AvgIpc) is 3.19. The van der Waals surface area contributed by atoms with Crippen LogP contribution in [0.1, 0.15) is 31.9 Å². The Balaban J connectivity index is 1.78. The van der Waals surface area contributed by atoms with Gasteiger partial charge in [-0.15, -0.1) is 0 Å². The maximum Gasteiger partial charge on any atom is 0.200 e. The van der Waals surface area contributed by atoms with E-state index < -0.39 is 0 Å².